The average Bonchev–Trinajstić information content (AvgIpc) is 3.52. The first-order valence-corrected chi connectivity index (χ1v) is 11.6. The van der Waals surface area contributed by atoms with Gasteiger partial charge >= 0.3 is 0 Å². The van der Waals surface area contributed by atoms with Gasteiger partial charge in [0, 0.05) is 34.7 Å². The van der Waals surface area contributed by atoms with Gasteiger partial charge in [0.1, 0.15) is 17.2 Å². The normalized spacial score (nSPS) is 10.8. The van der Waals surface area contributed by atoms with Gasteiger partial charge in [0.25, 0.3) is 5.91 Å². The monoisotopic (exact) mass is 476 g/mol. The van der Waals surface area contributed by atoms with Crippen molar-refractivity contribution in [3.63, 3.8) is 0 Å². The lowest BCUT2D eigenvalue weighted by atomic mass is 10.2. The van der Waals surface area contributed by atoms with Crippen molar-refractivity contribution in [1.29, 1.82) is 0 Å². The van der Waals surface area contributed by atoms with Crippen LogP contribution in [0.15, 0.2) is 71.1 Å². The zero-order valence-electron chi connectivity index (χ0n) is 18.9. The second-order valence-corrected chi connectivity index (χ2v) is 8.53. The minimum Gasteiger partial charge on any atom is -0.493 e. The van der Waals surface area contributed by atoms with Crippen molar-refractivity contribution in [2.75, 3.05) is 11.9 Å². The molecule has 0 aliphatic heterocycles. The van der Waals surface area contributed by atoms with Crippen LogP contribution < -0.4 is 14.8 Å². The highest BCUT2D eigenvalue weighted by molar-refractivity contribution is 7.13. The number of carbonyl (C=O) groups excluding carboxylic acids is 1. The van der Waals surface area contributed by atoms with E-state index in [9.17, 15) is 4.79 Å². The van der Waals surface area contributed by atoms with E-state index in [2.05, 4.69) is 27.1 Å². The summed E-state index contributed by atoms with van der Waals surface area (Å²) in [6, 6.07) is 12.4. The number of ether oxygens (including phenoxy) is 2. The van der Waals surface area contributed by atoms with Crippen LogP contribution in [0.5, 0.6) is 17.2 Å². The van der Waals surface area contributed by atoms with Crippen LogP contribution in [-0.4, -0.2) is 27.7 Å². The van der Waals surface area contributed by atoms with E-state index >= 15 is 0 Å². The maximum absolute atomic E-state index is 12.8. The molecule has 2 aromatic heterocycles. The molecule has 0 fully saturated rings. The molecule has 0 unspecified atom stereocenters. The van der Waals surface area contributed by atoms with E-state index in [1.807, 2.05) is 26.0 Å². The summed E-state index contributed by atoms with van der Waals surface area (Å²) in [5.74, 6) is 2.47. The lowest BCUT2D eigenvalue weighted by Crippen LogP contribution is -2.12. The third-order valence-corrected chi connectivity index (χ3v) is 5.35. The number of thiazole rings is 1. The van der Waals surface area contributed by atoms with Crippen LogP contribution in [0.3, 0.4) is 0 Å². The Labute approximate surface area is 201 Å². The first-order chi connectivity index (χ1) is 16.5. The van der Waals surface area contributed by atoms with Crippen molar-refractivity contribution < 1.29 is 18.7 Å². The molecular weight excluding hydrogens is 452 g/mol. The van der Waals surface area contributed by atoms with Gasteiger partial charge < -0.3 is 13.9 Å². The highest BCUT2D eigenvalue weighted by Crippen LogP contribution is 2.30. The number of carbonyl (C=O) groups is 1. The van der Waals surface area contributed by atoms with E-state index < -0.39 is 0 Å². The lowest BCUT2D eigenvalue weighted by molar-refractivity contribution is 0.102. The van der Waals surface area contributed by atoms with E-state index in [4.69, 9.17) is 13.9 Å². The van der Waals surface area contributed by atoms with E-state index in [-0.39, 0.29) is 11.8 Å². The van der Waals surface area contributed by atoms with Gasteiger partial charge in [0.15, 0.2) is 5.13 Å². The van der Waals surface area contributed by atoms with Crippen LogP contribution in [0.4, 0.5) is 5.13 Å². The Morgan fingerprint density at radius 3 is 2.62 bits per heavy atom. The fourth-order valence-electron chi connectivity index (χ4n) is 2.95. The van der Waals surface area contributed by atoms with Crippen molar-refractivity contribution in [1.82, 2.24) is 15.2 Å². The summed E-state index contributed by atoms with van der Waals surface area (Å²) in [6.07, 6.45) is 4.08. The summed E-state index contributed by atoms with van der Waals surface area (Å²) in [7, 11) is 0. The Hall–Kier alpha value is -3.98. The fraction of sp³-hybridized carbons (Fsp3) is 0.200. The first-order valence-electron chi connectivity index (χ1n) is 10.7. The summed E-state index contributed by atoms with van der Waals surface area (Å²) in [5.41, 5.74) is 1.18. The maximum Gasteiger partial charge on any atom is 0.257 e. The number of nitrogens with one attached hydrogen (secondary N) is 1. The number of nitrogens with zero attached hydrogens (tertiary/aromatic N) is 3. The summed E-state index contributed by atoms with van der Waals surface area (Å²) in [5, 5.41) is 13.3. The van der Waals surface area contributed by atoms with E-state index in [0.717, 1.165) is 5.56 Å². The molecule has 1 N–H and O–H groups in total. The van der Waals surface area contributed by atoms with Gasteiger partial charge in [0.05, 0.1) is 6.61 Å². The quantitative estimate of drug-likeness (QED) is 0.211. The Bertz CT molecular complexity index is 1250. The molecule has 4 aromatic rings. The highest BCUT2D eigenvalue weighted by Gasteiger charge is 2.14. The minimum absolute atomic E-state index is 0.159. The van der Waals surface area contributed by atoms with Crippen LogP contribution in [0.1, 0.15) is 42.4 Å². The molecule has 9 heteroatoms. The van der Waals surface area contributed by atoms with Gasteiger partial charge in [-0.25, -0.2) is 4.98 Å². The number of amides is 1. The molecule has 0 spiro atoms. The molecule has 0 atom stereocenters. The Kier molecular flexibility index (Phi) is 7.34. The summed E-state index contributed by atoms with van der Waals surface area (Å²) in [4.78, 5) is 16.9. The van der Waals surface area contributed by atoms with Crippen molar-refractivity contribution in [2.45, 2.75) is 26.2 Å². The molecule has 0 aliphatic carbocycles. The van der Waals surface area contributed by atoms with Crippen molar-refractivity contribution >= 4 is 22.4 Å². The van der Waals surface area contributed by atoms with E-state index in [0.29, 0.717) is 52.8 Å². The predicted octanol–water partition coefficient (Wildman–Crippen LogP) is 6.32. The molecular formula is C25H24N4O4S. The SMILES string of the molecule is C=CCCOc1cc(Oc2ccc(-c3nnc(C(C)C)o3)cc2)cc(C(=O)Nc2nccs2)c1. The largest absolute Gasteiger partial charge is 0.493 e. The molecule has 0 saturated heterocycles. The topological polar surface area (TPSA) is 99.4 Å². The van der Waals surface area contributed by atoms with Gasteiger partial charge in [0.2, 0.25) is 11.8 Å². The minimum atomic E-state index is -0.304. The standard InChI is InChI=1S/C25H24N4O4S/c1-4-5-11-31-20-13-18(22(30)27-25-26-10-12-34-25)14-21(15-20)32-19-8-6-17(7-9-19)24-29-28-23(33-24)16(2)3/h4,6-10,12-16H,1,5,11H2,2-3H3,(H,26,27,30). The molecule has 0 aliphatic rings. The number of rotatable bonds is 10. The van der Waals surface area contributed by atoms with Crippen molar-refractivity contribution in [2.24, 2.45) is 0 Å². The van der Waals surface area contributed by atoms with Crippen LogP contribution in [0, 0.1) is 0 Å². The Morgan fingerprint density at radius 1 is 1.15 bits per heavy atom. The fourth-order valence-corrected chi connectivity index (χ4v) is 3.47. The Morgan fingerprint density at radius 2 is 1.94 bits per heavy atom. The zero-order chi connectivity index (χ0) is 23.9. The molecule has 4 rings (SSSR count). The molecule has 0 bridgehead atoms. The molecule has 34 heavy (non-hydrogen) atoms. The number of hydrogen-bond donors (Lipinski definition) is 1. The average molecular weight is 477 g/mol. The van der Waals surface area contributed by atoms with Crippen LogP contribution in [-0.2, 0) is 0 Å². The van der Waals surface area contributed by atoms with E-state index in [1.54, 1.807) is 48.0 Å². The molecule has 2 aromatic carbocycles. The first kappa shape index (κ1) is 23.2. The van der Waals surface area contributed by atoms with Gasteiger partial charge in [-0.15, -0.1) is 28.1 Å². The third-order valence-electron chi connectivity index (χ3n) is 4.66. The van der Waals surface area contributed by atoms with Crippen LogP contribution in [0.2, 0.25) is 0 Å². The summed E-state index contributed by atoms with van der Waals surface area (Å²) >= 11 is 1.34. The second kappa shape index (κ2) is 10.8. The second-order valence-electron chi connectivity index (χ2n) is 7.64. The third kappa shape index (κ3) is 5.87. The van der Waals surface area contributed by atoms with Crippen LogP contribution in [0.25, 0.3) is 11.5 Å². The maximum atomic E-state index is 12.8. The molecule has 2 heterocycles. The number of benzene rings is 2. The zero-order valence-corrected chi connectivity index (χ0v) is 19.7. The van der Waals surface area contributed by atoms with Gasteiger partial charge in [-0.05, 0) is 42.8 Å². The van der Waals surface area contributed by atoms with Gasteiger partial charge in [-0.2, -0.15) is 0 Å². The highest BCUT2D eigenvalue weighted by atomic mass is 32.1. The number of aromatic nitrogens is 3. The van der Waals surface area contributed by atoms with Gasteiger partial charge in [-0.1, -0.05) is 19.9 Å². The van der Waals surface area contributed by atoms with Crippen molar-refractivity contribution in [3.8, 4) is 28.7 Å². The summed E-state index contributed by atoms with van der Waals surface area (Å²) in [6.45, 7) is 8.13. The smallest absolute Gasteiger partial charge is 0.257 e. The number of hydrogen-bond acceptors (Lipinski definition) is 8. The lowest BCUT2D eigenvalue weighted by Gasteiger charge is -2.12. The van der Waals surface area contributed by atoms with Gasteiger partial charge in [-0.3, -0.25) is 10.1 Å². The summed E-state index contributed by atoms with van der Waals surface area (Å²) < 4.78 is 17.5. The van der Waals surface area contributed by atoms with E-state index in [1.165, 1.54) is 11.3 Å². The predicted molar refractivity (Wildman–Crippen MR) is 131 cm³/mol. The molecule has 0 saturated carbocycles. The molecule has 0 radical (unpaired) electrons. The molecule has 1 amide bonds. The number of anilines is 1. The van der Waals surface area contributed by atoms with Crippen LogP contribution >= 0.6 is 11.3 Å². The Balaban J connectivity index is 1.53. The molecule has 174 valence electrons. The molecule has 8 nitrogen and oxygen atoms in total. The van der Waals surface area contributed by atoms with Crippen molar-refractivity contribution in [3.05, 3.63) is 78.2 Å².